The summed E-state index contributed by atoms with van der Waals surface area (Å²) in [5, 5.41) is 5.72. The molecule has 7 heteroatoms. The zero-order chi connectivity index (χ0) is 17.4. The molecule has 0 radical (unpaired) electrons. The molecule has 124 valence electrons. The molecule has 0 spiro atoms. The summed E-state index contributed by atoms with van der Waals surface area (Å²) >= 11 is 1.23. The molecule has 0 aliphatic rings. The first-order chi connectivity index (χ1) is 12.1. The number of H-pyrrole nitrogens is 1. The zero-order valence-corrected chi connectivity index (χ0v) is 13.5. The molecule has 2 N–H and O–H groups in total. The number of aromatic nitrogens is 2. The molecule has 2 aromatic carbocycles. The van der Waals surface area contributed by atoms with Crippen molar-refractivity contribution in [1.29, 1.82) is 0 Å². The number of thiazole rings is 1. The molecular weight excluding hydrogens is 344 g/mol. The number of fused-ring (bicyclic) bond motifs is 1. The number of nitrogens with one attached hydrogen (secondary N) is 2. The van der Waals surface area contributed by atoms with Gasteiger partial charge in [-0.05, 0) is 18.2 Å². The first kappa shape index (κ1) is 15.5. The van der Waals surface area contributed by atoms with Crippen molar-refractivity contribution in [1.82, 2.24) is 9.97 Å². The second-order valence-corrected chi connectivity index (χ2v) is 6.22. The Kier molecular flexibility index (Phi) is 3.77. The monoisotopic (exact) mass is 355 g/mol. The molecule has 0 fully saturated rings. The Morgan fingerprint density at radius 2 is 2.00 bits per heavy atom. The Morgan fingerprint density at radius 1 is 1.16 bits per heavy atom. The van der Waals surface area contributed by atoms with Gasteiger partial charge in [-0.25, -0.2) is 13.8 Å². The van der Waals surface area contributed by atoms with E-state index in [4.69, 9.17) is 0 Å². The highest BCUT2D eigenvalue weighted by Gasteiger charge is 2.15. The van der Waals surface area contributed by atoms with E-state index in [1.54, 1.807) is 0 Å². The van der Waals surface area contributed by atoms with E-state index in [-0.39, 0.29) is 5.56 Å². The average Bonchev–Trinajstić information content (AvgIpc) is 3.21. The summed E-state index contributed by atoms with van der Waals surface area (Å²) in [6.45, 7) is 0. The quantitative estimate of drug-likeness (QED) is 0.553. The zero-order valence-electron chi connectivity index (χ0n) is 12.7. The summed E-state index contributed by atoms with van der Waals surface area (Å²) in [6, 6.07) is 10.6. The van der Waals surface area contributed by atoms with Gasteiger partial charge in [-0.1, -0.05) is 18.2 Å². The largest absolute Gasteiger partial charge is 0.360 e. The molecule has 0 atom stereocenters. The number of para-hydroxylation sites is 1. The highest BCUT2D eigenvalue weighted by Crippen LogP contribution is 2.31. The summed E-state index contributed by atoms with van der Waals surface area (Å²) in [5.41, 5.74) is 2.38. The van der Waals surface area contributed by atoms with Crippen molar-refractivity contribution in [3.05, 3.63) is 71.2 Å². The second kappa shape index (κ2) is 6.10. The van der Waals surface area contributed by atoms with E-state index in [9.17, 15) is 13.6 Å². The summed E-state index contributed by atoms with van der Waals surface area (Å²) in [6.07, 6.45) is 1.85. The molecule has 0 aliphatic heterocycles. The third-order valence-electron chi connectivity index (χ3n) is 3.77. The molecule has 4 aromatic rings. The number of amides is 1. The Bertz CT molecular complexity index is 1090. The molecular formula is C18H11F2N3OS. The lowest BCUT2D eigenvalue weighted by Crippen LogP contribution is -2.13. The first-order valence-corrected chi connectivity index (χ1v) is 8.28. The summed E-state index contributed by atoms with van der Waals surface area (Å²) in [4.78, 5) is 19.7. The number of benzene rings is 2. The number of hydrogen-bond acceptors (Lipinski definition) is 3. The topological polar surface area (TPSA) is 57.8 Å². The average molecular weight is 355 g/mol. The van der Waals surface area contributed by atoms with Gasteiger partial charge in [-0.2, -0.15) is 0 Å². The Labute approximate surface area is 145 Å². The van der Waals surface area contributed by atoms with Crippen LogP contribution in [0.1, 0.15) is 10.4 Å². The van der Waals surface area contributed by atoms with E-state index in [1.807, 2.05) is 35.8 Å². The fourth-order valence-electron chi connectivity index (χ4n) is 2.58. The van der Waals surface area contributed by atoms with Gasteiger partial charge in [0.2, 0.25) is 0 Å². The Balaban J connectivity index is 1.60. The smallest absolute Gasteiger partial charge is 0.260 e. The lowest BCUT2D eigenvalue weighted by Gasteiger charge is -2.03. The van der Waals surface area contributed by atoms with Crippen LogP contribution in [0.3, 0.4) is 0 Å². The maximum atomic E-state index is 13.7. The molecule has 25 heavy (non-hydrogen) atoms. The third kappa shape index (κ3) is 2.89. The van der Waals surface area contributed by atoms with Crippen LogP contribution in [0.4, 0.5) is 13.9 Å². The predicted octanol–water partition coefficient (Wildman–Crippen LogP) is 4.82. The number of halogens is 2. The van der Waals surface area contributed by atoms with E-state index < -0.39 is 17.5 Å². The number of aromatic amines is 1. The van der Waals surface area contributed by atoms with Crippen LogP contribution < -0.4 is 5.32 Å². The summed E-state index contributed by atoms with van der Waals surface area (Å²) < 4.78 is 26.6. The number of anilines is 1. The first-order valence-electron chi connectivity index (χ1n) is 7.40. The van der Waals surface area contributed by atoms with Crippen LogP contribution >= 0.6 is 11.3 Å². The minimum absolute atomic E-state index is 0.231. The van der Waals surface area contributed by atoms with Gasteiger partial charge < -0.3 is 4.98 Å². The van der Waals surface area contributed by atoms with Crippen molar-refractivity contribution in [2.24, 2.45) is 0 Å². The summed E-state index contributed by atoms with van der Waals surface area (Å²) in [5.74, 6) is -2.31. The second-order valence-electron chi connectivity index (χ2n) is 5.36. The van der Waals surface area contributed by atoms with E-state index in [0.717, 1.165) is 28.6 Å². The Hall–Kier alpha value is -3.06. The van der Waals surface area contributed by atoms with Gasteiger partial charge in [-0.3, -0.25) is 10.1 Å². The van der Waals surface area contributed by atoms with Gasteiger partial charge in [0.15, 0.2) is 5.13 Å². The molecule has 4 rings (SSSR count). The predicted molar refractivity (Wildman–Crippen MR) is 93.7 cm³/mol. The van der Waals surface area contributed by atoms with Gasteiger partial charge in [0.25, 0.3) is 5.91 Å². The molecule has 0 aliphatic carbocycles. The maximum absolute atomic E-state index is 13.7. The molecule has 1 amide bonds. The van der Waals surface area contributed by atoms with Crippen LogP contribution in [0.5, 0.6) is 0 Å². The highest BCUT2D eigenvalue weighted by molar-refractivity contribution is 7.14. The van der Waals surface area contributed by atoms with Crippen LogP contribution in [0.25, 0.3) is 22.2 Å². The van der Waals surface area contributed by atoms with E-state index in [1.165, 1.54) is 11.3 Å². The number of hydrogen-bond donors (Lipinski definition) is 2. The van der Waals surface area contributed by atoms with Crippen molar-refractivity contribution < 1.29 is 13.6 Å². The molecule has 4 nitrogen and oxygen atoms in total. The SMILES string of the molecule is O=C(Nc1nc(-c2c[nH]c3ccccc23)cs1)c1ccc(F)cc1F. The van der Waals surface area contributed by atoms with E-state index in [2.05, 4.69) is 15.3 Å². The molecule has 0 saturated heterocycles. The van der Waals surface area contributed by atoms with Crippen LogP contribution in [-0.2, 0) is 0 Å². The minimum Gasteiger partial charge on any atom is -0.360 e. The van der Waals surface area contributed by atoms with Gasteiger partial charge in [0, 0.05) is 34.1 Å². The van der Waals surface area contributed by atoms with Crippen molar-refractivity contribution in [2.45, 2.75) is 0 Å². The number of nitrogens with zero attached hydrogens (tertiary/aromatic N) is 1. The molecule has 2 aromatic heterocycles. The van der Waals surface area contributed by atoms with Gasteiger partial charge in [0.1, 0.15) is 11.6 Å². The van der Waals surface area contributed by atoms with E-state index >= 15 is 0 Å². The fraction of sp³-hybridized carbons (Fsp3) is 0. The van der Waals surface area contributed by atoms with Crippen LogP contribution in [0, 0.1) is 11.6 Å². The van der Waals surface area contributed by atoms with Crippen molar-refractivity contribution in [3.63, 3.8) is 0 Å². The minimum atomic E-state index is -0.911. The van der Waals surface area contributed by atoms with Gasteiger partial charge in [0.05, 0.1) is 11.3 Å². The number of rotatable bonds is 3. The van der Waals surface area contributed by atoms with Gasteiger partial charge in [-0.15, -0.1) is 11.3 Å². The normalized spacial score (nSPS) is 11.0. The number of carbonyl (C=O) groups excluding carboxylic acids is 1. The molecule has 2 heterocycles. The standard InChI is InChI=1S/C18H11F2N3OS/c19-10-5-6-12(14(20)7-10)17(24)23-18-22-16(9-25-18)13-8-21-15-4-2-1-3-11(13)15/h1-9,21H,(H,22,23,24). The lowest BCUT2D eigenvalue weighted by atomic mass is 10.1. The summed E-state index contributed by atoms with van der Waals surface area (Å²) in [7, 11) is 0. The van der Waals surface area contributed by atoms with Gasteiger partial charge >= 0.3 is 0 Å². The van der Waals surface area contributed by atoms with Crippen LogP contribution in [0.15, 0.2) is 54.0 Å². The molecule has 0 unspecified atom stereocenters. The fourth-order valence-corrected chi connectivity index (χ4v) is 3.28. The van der Waals surface area contributed by atoms with Crippen LogP contribution in [0.2, 0.25) is 0 Å². The lowest BCUT2D eigenvalue weighted by molar-refractivity contribution is 0.102. The van der Waals surface area contributed by atoms with Crippen molar-refractivity contribution in [3.8, 4) is 11.3 Å². The van der Waals surface area contributed by atoms with E-state index in [0.29, 0.717) is 16.9 Å². The van der Waals surface area contributed by atoms with Crippen molar-refractivity contribution >= 4 is 33.3 Å². The molecule has 0 bridgehead atoms. The van der Waals surface area contributed by atoms with Crippen LogP contribution in [-0.4, -0.2) is 15.9 Å². The molecule has 0 saturated carbocycles. The Morgan fingerprint density at radius 3 is 2.84 bits per heavy atom. The number of carbonyl (C=O) groups is 1. The third-order valence-corrected chi connectivity index (χ3v) is 4.52. The maximum Gasteiger partial charge on any atom is 0.260 e. The highest BCUT2D eigenvalue weighted by atomic mass is 32.1. The van der Waals surface area contributed by atoms with Crippen molar-refractivity contribution in [2.75, 3.05) is 5.32 Å².